The van der Waals surface area contributed by atoms with Crippen molar-refractivity contribution >= 4 is 11.4 Å². The Balaban J connectivity index is 2.54. The van der Waals surface area contributed by atoms with Gasteiger partial charge in [-0.3, -0.25) is 30.0 Å². The molecule has 0 aliphatic carbocycles. The summed E-state index contributed by atoms with van der Waals surface area (Å²) in [7, 11) is 0. The lowest BCUT2D eigenvalue weighted by atomic mass is 10.2. The number of aromatic amines is 1. The number of H-pyrrole nitrogens is 1. The van der Waals surface area contributed by atoms with Gasteiger partial charge >= 0.3 is 11.4 Å². The van der Waals surface area contributed by atoms with Crippen LogP contribution in [0.4, 0.5) is 11.4 Å². The summed E-state index contributed by atoms with van der Waals surface area (Å²) < 4.78 is 1.40. The molecule has 0 atom stereocenters. The molecule has 2 aromatic rings. The second kappa shape index (κ2) is 5.07. The van der Waals surface area contributed by atoms with E-state index in [2.05, 4.69) is 15.3 Å². The van der Waals surface area contributed by atoms with E-state index in [4.69, 9.17) is 0 Å². The molecule has 20 heavy (non-hydrogen) atoms. The molecule has 0 aromatic carbocycles. The fourth-order valence-electron chi connectivity index (χ4n) is 1.78. The standard InChI is InChI=1S/C10H12N6O4/c1-6(2)4-14-5-8(16(19)20)10(13-14)9-7(15(17)18)3-11-12-9/h3,5-6H,4H2,1-2H3,(H,11,12). The molecule has 0 aliphatic rings. The maximum absolute atomic E-state index is 11.0. The first kappa shape index (κ1) is 13.6. The first-order valence-electron chi connectivity index (χ1n) is 5.80. The van der Waals surface area contributed by atoms with Crippen LogP contribution in [0.3, 0.4) is 0 Å². The highest BCUT2D eigenvalue weighted by atomic mass is 16.6. The Morgan fingerprint density at radius 2 is 1.90 bits per heavy atom. The van der Waals surface area contributed by atoms with Gasteiger partial charge in [-0.2, -0.15) is 10.2 Å². The first-order chi connectivity index (χ1) is 9.40. The van der Waals surface area contributed by atoms with E-state index in [-0.39, 0.29) is 28.7 Å². The molecule has 1 N–H and O–H groups in total. The van der Waals surface area contributed by atoms with E-state index in [9.17, 15) is 20.2 Å². The molecule has 2 rings (SSSR count). The predicted octanol–water partition coefficient (Wildman–Crippen LogP) is 1.75. The van der Waals surface area contributed by atoms with Gasteiger partial charge in [-0.05, 0) is 5.92 Å². The summed E-state index contributed by atoms with van der Waals surface area (Å²) >= 11 is 0. The molecule has 0 bridgehead atoms. The average molecular weight is 280 g/mol. The zero-order valence-electron chi connectivity index (χ0n) is 10.8. The van der Waals surface area contributed by atoms with Crippen LogP contribution in [0.15, 0.2) is 12.4 Å². The summed E-state index contributed by atoms with van der Waals surface area (Å²) in [6.45, 7) is 4.34. The minimum atomic E-state index is -0.663. The summed E-state index contributed by atoms with van der Waals surface area (Å²) in [6.07, 6.45) is 2.33. The van der Waals surface area contributed by atoms with Crippen molar-refractivity contribution in [1.29, 1.82) is 0 Å². The van der Waals surface area contributed by atoms with Gasteiger partial charge < -0.3 is 0 Å². The molecule has 0 spiro atoms. The zero-order valence-corrected chi connectivity index (χ0v) is 10.8. The molecule has 0 unspecified atom stereocenters. The second-order valence-corrected chi connectivity index (χ2v) is 4.61. The topological polar surface area (TPSA) is 133 Å². The van der Waals surface area contributed by atoms with Crippen LogP contribution >= 0.6 is 0 Å². The van der Waals surface area contributed by atoms with Crippen molar-refractivity contribution in [2.45, 2.75) is 20.4 Å². The summed E-state index contributed by atoms with van der Waals surface area (Å²) in [6, 6.07) is 0. The van der Waals surface area contributed by atoms with E-state index in [0.29, 0.717) is 6.54 Å². The average Bonchev–Trinajstić information content (AvgIpc) is 2.92. The minimum absolute atomic E-state index is 0.108. The van der Waals surface area contributed by atoms with Crippen LogP contribution in [0.5, 0.6) is 0 Å². The fraction of sp³-hybridized carbons (Fsp3) is 0.400. The van der Waals surface area contributed by atoms with Crippen LogP contribution in [0.1, 0.15) is 13.8 Å². The Hall–Kier alpha value is -2.78. The number of hydrogen-bond donors (Lipinski definition) is 1. The van der Waals surface area contributed by atoms with E-state index >= 15 is 0 Å². The van der Waals surface area contributed by atoms with Crippen molar-refractivity contribution in [1.82, 2.24) is 20.0 Å². The van der Waals surface area contributed by atoms with Gasteiger partial charge in [-0.15, -0.1) is 0 Å². The molecule has 10 heteroatoms. The first-order valence-corrected chi connectivity index (χ1v) is 5.80. The van der Waals surface area contributed by atoms with Crippen molar-refractivity contribution < 1.29 is 9.85 Å². The van der Waals surface area contributed by atoms with E-state index in [1.54, 1.807) is 0 Å². The zero-order chi connectivity index (χ0) is 14.9. The lowest BCUT2D eigenvalue weighted by Gasteiger charge is -2.02. The van der Waals surface area contributed by atoms with Gasteiger partial charge in [0.05, 0.1) is 9.85 Å². The highest BCUT2D eigenvalue weighted by Gasteiger charge is 2.29. The summed E-state index contributed by atoms with van der Waals surface area (Å²) in [5.74, 6) is 0.233. The van der Waals surface area contributed by atoms with Crippen molar-refractivity contribution in [3.63, 3.8) is 0 Å². The summed E-state index contributed by atoms with van der Waals surface area (Å²) in [5, 5.41) is 32.0. The summed E-state index contributed by atoms with van der Waals surface area (Å²) in [4.78, 5) is 20.6. The van der Waals surface area contributed by atoms with Gasteiger partial charge in [0.2, 0.25) is 0 Å². The molecule has 0 saturated carbocycles. The number of nitrogens with zero attached hydrogens (tertiary/aromatic N) is 5. The number of nitro groups is 2. The Bertz CT molecular complexity index is 659. The Morgan fingerprint density at radius 1 is 1.25 bits per heavy atom. The molecule has 0 fully saturated rings. The van der Waals surface area contributed by atoms with Crippen LogP contribution < -0.4 is 0 Å². The quantitative estimate of drug-likeness (QED) is 0.655. The molecule has 2 aromatic heterocycles. The number of nitrogens with one attached hydrogen (secondary N) is 1. The molecule has 10 nitrogen and oxygen atoms in total. The van der Waals surface area contributed by atoms with Gasteiger partial charge in [-0.25, -0.2) is 0 Å². The molecular weight excluding hydrogens is 268 g/mol. The third-order valence-electron chi connectivity index (χ3n) is 2.53. The maximum Gasteiger partial charge on any atom is 0.316 e. The maximum atomic E-state index is 11.0. The van der Waals surface area contributed by atoms with Crippen LogP contribution in [0.25, 0.3) is 11.4 Å². The minimum Gasteiger partial charge on any atom is -0.278 e. The van der Waals surface area contributed by atoms with Crippen molar-refractivity contribution in [2.75, 3.05) is 0 Å². The van der Waals surface area contributed by atoms with Gasteiger partial charge in [0.15, 0.2) is 11.4 Å². The molecule has 2 heterocycles. The highest BCUT2D eigenvalue weighted by Crippen LogP contribution is 2.32. The third-order valence-corrected chi connectivity index (χ3v) is 2.53. The SMILES string of the molecule is CC(C)Cn1cc([N+](=O)[O-])c(-c2n[nH]cc2[N+](=O)[O-])n1. The lowest BCUT2D eigenvalue weighted by molar-refractivity contribution is -0.386. The van der Waals surface area contributed by atoms with Gasteiger partial charge in [0.1, 0.15) is 12.4 Å². The van der Waals surface area contributed by atoms with Gasteiger partial charge in [-0.1, -0.05) is 13.8 Å². The van der Waals surface area contributed by atoms with Crippen LogP contribution in [0, 0.1) is 26.1 Å². The van der Waals surface area contributed by atoms with Crippen molar-refractivity contribution in [2.24, 2.45) is 5.92 Å². The normalized spacial score (nSPS) is 10.9. The largest absolute Gasteiger partial charge is 0.316 e. The molecule has 0 saturated heterocycles. The molecular formula is C10H12N6O4. The third kappa shape index (κ3) is 2.48. The molecule has 0 aliphatic heterocycles. The van der Waals surface area contributed by atoms with Crippen molar-refractivity contribution in [3.8, 4) is 11.4 Å². The van der Waals surface area contributed by atoms with E-state index in [0.717, 1.165) is 6.20 Å². The Labute approximate surface area is 112 Å². The number of hydrogen-bond acceptors (Lipinski definition) is 6. The highest BCUT2D eigenvalue weighted by molar-refractivity contribution is 5.73. The van der Waals surface area contributed by atoms with E-state index in [1.165, 1.54) is 10.9 Å². The van der Waals surface area contributed by atoms with Crippen LogP contribution in [-0.2, 0) is 6.54 Å². The summed E-state index contributed by atoms with van der Waals surface area (Å²) in [5.41, 5.74) is -0.892. The van der Waals surface area contributed by atoms with Gasteiger partial charge in [0.25, 0.3) is 0 Å². The predicted molar refractivity (Wildman–Crippen MR) is 68.0 cm³/mol. The van der Waals surface area contributed by atoms with E-state index < -0.39 is 9.85 Å². The van der Waals surface area contributed by atoms with Crippen LogP contribution in [0.2, 0.25) is 0 Å². The molecule has 0 amide bonds. The lowest BCUT2D eigenvalue weighted by Crippen LogP contribution is -2.04. The second-order valence-electron chi connectivity index (χ2n) is 4.61. The Morgan fingerprint density at radius 3 is 2.45 bits per heavy atom. The van der Waals surface area contributed by atoms with Gasteiger partial charge in [0, 0.05) is 6.54 Å². The fourth-order valence-corrected chi connectivity index (χ4v) is 1.78. The van der Waals surface area contributed by atoms with E-state index in [1.807, 2.05) is 13.8 Å². The molecule has 0 radical (unpaired) electrons. The van der Waals surface area contributed by atoms with Crippen molar-refractivity contribution in [3.05, 3.63) is 32.6 Å². The monoisotopic (exact) mass is 280 g/mol. The Kier molecular flexibility index (Phi) is 3.46. The number of aromatic nitrogens is 4. The smallest absolute Gasteiger partial charge is 0.278 e. The molecule has 106 valence electrons. The van der Waals surface area contributed by atoms with Crippen LogP contribution in [-0.4, -0.2) is 29.8 Å². The number of rotatable bonds is 5.